The molecule has 0 N–H and O–H groups in total. The number of nitrogens with zero attached hydrogens (tertiary/aromatic N) is 2. The lowest BCUT2D eigenvalue weighted by atomic mass is 10.2. The zero-order valence-corrected chi connectivity index (χ0v) is 13.2. The summed E-state index contributed by atoms with van der Waals surface area (Å²) in [5.41, 5.74) is 3.94. The molecular weight excluding hydrogens is 307 g/mol. The van der Waals surface area contributed by atoms with Crippen LogP contribution < -0.4 is 4.74 Å². The molecule has 3 rings (SSSR count). The maximum absolute atomic E-state index is 6.14. The number of imidazole rings is 1. The Morgan fingerprint density at radius 2 is 2.00 bits per heavy atom. The van der Waals surface area contributed by atoms with Crippen molar-refractivity contribution in [3.05, 3.63) is 52.8 Å². The van der Waals surface area contributed by atoms with Gasteiger partial charge >= 0.3 is 0 Å². The molecule has 0 aliphatic carbocycles. The van der Waals surface area contributed by atoms with E-state index in [-0.39, 0.29) is 0 Å². The number of methoxy groups -OCH3 is 1. The molecule has 0 bridgehead atoms. The van der Waals surface area contributed by atoms with E-state index < -0.39 is 0 Å². The minimum atomic E-state index is 0.322. The molecule has 0 spiro atoms. The van der Waals surface area contributed by atoms with Crippen molar-refractivity contribution in [2.24, 2.45) is 0 Å². The fourth-order valence-electron chi connectivity index (χ4n) is 2.42. The maximum atomic E-state index is 6.14. The Kier molecular flexibility index (Phi) is 3.79. The fraction of sp³-hybridized carbons (Fsp3) is 0.188. The van der Waals surface area contributed by atoms with Crippen LogP contribution in [0.5, 0.6) is 5.75 Å². The van der Waals surface area contributed by atoms with E-state index >= 15 is 0 Å². The third-order valence-corrected chi connectivity index (χ3v) is 3.94. The third kappa shape index (κ3) is 2.47. The van der Waals surface area contributed by atoms with Crippen molar-refractivity contribution in [3.63, 3.8) is 0 Å². The molecule has 3 nitrogen and oxygen atoms in total. The van der Waals surface area contributed by atoms with Crippen LogP contribution in [0.4, 0.5) is 0 Å². The number of halogens is 2. The molecule has 1 heterocycles. The number of aromatic nitrogens is 2. The van der Waals surface area contributed by atoms with Crippen molar-refractivity contribution in [1.82, 2.24) is 9.55 Å². The SMILES string of the molecule is COc1ccc2c(c1)nc(CCl)n2-c1cc(Cl)ccc1C. The number of benzene rings is 2. The highest BCUT2D eigenvalue weighted by molar-refractivity contribution is 6.30. The van der Waals surface area contributed by atoms with E-state index in [1.807, 2.05) is 47.9 Å². The molecule has 1 aromatic heterocycles. The number of ether oxygens (including phenoxy) is 1. The summed E-state index contributed by atoms with van der Waals surface area (Å²) < 4.78 is 7.29. The van der Waals surface area contributed by atoms with Gasteiger partial charge in [-0.15, -0.1) is 11.6 Å². The molecule has 0 atom stereocenters. The average Bonchev–Trinajstić information content (AvgIpc) is 2.87. The fourth-order valence-corrected chi connectivity index (χ4v) is 2.76. The summed E-state index contributed by atoms with van der Waals surface area (Å²) in [6.07, 6.45) is 0. The van der Waals surface area contributed by atoms with Gasteiger partial charge in [-0.1, -0.05) is 17.7 Å². The molecule has 108 valence electrons. The predicted molar refractivity (Wildman–Crippen MR) is 86.9 cm³/mol. The Bertz CT molecular complexity index is 811. The van der Waals surface area contributed by atoms with Gasteiger partial charge in [0, 0.05) is 11.1 Å². The summed E-state index contributed by atoms with van der Waals surface area (Å²) in [7, 11) is 1.64. The summed E-state index contributed by atoms with van der Waals surface area (Å²) >= 11 is 12.2. The van der Waals surface area contributed by atoms with E-state index in [1.165, 1.54) is 0 Å². The number of hydrogen-bond acceptors (Lipinski definition) is 2. The highest BCUT2D eigenvalue weighted by Crippen LogP contribution is 2.28. The van der Waals surface area contributed by atoms with Crippen molar-refractivity contribution in [2.75, 3.05) is 7.11 Å². The van der Waals surface area contributed by atoms with Crippen LogP contribution in [0.25, 0.3) is 16.7 Å². The second-order valence-electron chi connectivity index (χ2n) is 4.78. The Hall–Kier alpha value is -1.71. The van der Waals surface area contributed by atoms with Gasteiger partial charge in [-0.3, -0.25) is 4.57 Å². The summed E-state index contributed by atoms with van der Waals surface area (Å²) in [6.45, 7) is 2.04. The summed E-state index contributed by atoms with van der Waals surface area (Å²) in [6, 6.07) is 11.6. The Morgan fingerprint density at radius 1 is 1.19 bits per heavy atom. The first-order chi connectivity index (χ1) is 10.1. The van der Waals surface area contributed by atoms with Crippen LogP contribution in [-0.4, -0.2) is 16.7 Å². The van der Waals surface area contributed by atoms with Gasteiger partial charge in [-0.05, 0) is 36.8 Å². The van der Waals surface area contributed by atoms with Gasteiger partial charge < -0.3 is 4.74 Å². The Labute approximate surface area is 133 Å². The molecule has 0 fully saturated rings. The van der Waals surface area contributed by atoms with E-state index in [0.29, 0.717) is 10.9 Å². The highest BCUT2D eigenvalue weighted by Gasteiger charge is 2.14. The number of hydrogen-bond donors (Lipinski definition) is 0. The first-order valence-electron chi connectivity index (χ1n) is 6.52. The molecule has 0 aliphatic heterocycles. The normalized spacial score (nSPS) is 11.0. The van der Waals surface area contributed by atoms with Crippen molar-refractivity contribution >= 4 is 34.2 Å². The Balaban J connectivity index is 2.32. The maximum Gasteiger partial charge on any atom is 0.129 e. The third-order valence-electron chi connectivity index (χ3n) is 3.46. The molecule has 0 radical (unpaired) electrons. The lowest BCUT2D eigenvalue weighted by Gasteiger charge is -2.11. The number of alkyl halides is 1. The van der Waals surface area contributed by atoms with Gasteiger partial charge in [0.05, 0.1) is 29.7 Å². The molecule has 21 heavy (non-hydrogen) atoms. The summed E-state index contributed by atoms with van der Waals surface area (Å²) in [5.74, 6) is 1.88. The molecule has 3 aromatic rings. The monoisotopic (exact) mass is 320 g/mol. The number of fused-ring (bicyclic) bond motifs is 1. The van der Waals surface area contributed by atoms with Gasteiger partial charge in [-0.2, -0.15) is 0 Å². The number of aryl methyl sites for hydroxylation is 1. The van der Waals surface area contributed by atoms with Crippen LogP contribution in [-0.2, 0) is 5.88 Å². The van der Waals surface area contributed by atoms with Gasteiger partial charge in [0.25, 0.3) is 0 Å². The lowest BCUT2D eigenvalue weighted by Crippen LogP contribution is -2.01. The first-order valence-corrected chi connectivity index (χ1v) is 7.43. The second-order valence-corrected chi connectivity index (χ2v) is 5.49. The molecular formula is C16H14Cl2N2O. The van der Waals surface area contributed by atoms with Crippen molar-refractivity contribution in [2.45, 2.75) is 12.8 Å². The second kappa shape index (κ2) is 5.58. The average molecular weight is 321 g/mol. The highest BCUT2D eigenvalue weighted by atomic mass is 35.5. The molecule has 0 unspecified atom stereocenters. The minimum Gasteiger partial charge on any atom is -0.497 e. The van der Waals surface area contributed by atoms with E-state index in [4.69, 9.17) is 27.9 Å². The van der Waals surface area contributed by atoms with E-state index in [0.717, 1.165) is 33.9 Å². The van der Waals surface area contributed by atoms with Crippen LogP contribution in [0, 0.1) is 6.92 Å². The van der Waals surface area contributed by atoms with E-state index in [2.05, 4.69) is 4.98 Å². The molecule has 2 aromatic carbocycles. The topological polar surface area (TPSA) is 27.1 Å². The molecule has 0 saturated heterocycles. The zero-order chi connectivity index (χ0) is 15.0. The minimum absolute atomic E-state index is 0.322. The quantitative estimate of drug-likeness (QED) is 0.652. The first kappa shape index (κ1) is 14.2. The molecule has 5 heteroatoms. The molecule has 0 amide bonds. The standard InChI is InChI=1S/C16H14Cl2N2O/c1-10-3-4-11(18)7-15(10)20-14-6-5-12(21-2)8-13(14)19-16(20)9-17/h3-8H,9H2,1-2H3. The van der Waals surface area contributed by atoms with Gasteiger partial charge in [0.1, 0.15) is 11.6 Å². The van der Waals surface area contributed by atoms with Crippen LogP contribution >= 0.6 is 23.2 Å². The van der Waals surface area contributed by atoms with Crippen LogP contribution in [0.3, 0.4) is 0 Å². The van der Waals surface area contributed by atoms with E-state index in [9.17, 15) is 0 Å². The predicted octanol–water partition coefficient (Wildman–Crippen LogP) is 4.73. The lowest BCUT2D eigenvalue weighted by molar-refractivity contribution is 0.415. The van der Waals surface area contributed by atoms with Gasteiger partial charge in [0.15, 0.2) is 0 Å². The largest absolute Gasteiger partial charge is 0.497 e. The molecule has 0 aliphatic rings. The van der Waals surface area contributed by atoms with Crippen molar-refractivity contribution in [3.8, 4) is 11.4 Å². The van der Waals surface area contributed by atoms with Crippen LogP contribution in [0.15, 0.2) is 36.4 Å². The summed E-state index contributed by atoms with van der Waals surface area (Å²) in [5, 5.41) is 0.687. The summed E-state index contributed by atoms with van der Waals surface area (Å²) in [4.78, 5) is 4.59. The Morgan fingerprint density at radius 3 is 2.71 bits per heavy atom. The number of rotatable bonds is 3. The smallest absolute Gasteiger partial charge is 0.129 e. The van der Waals surface area contributed by atoms with Crippen LogP contribution in [0.1, 0.15) is 11.4 Å². The van der Waals surface area contributed by atoms with Crippen LogP contribution in [0.2, 0.25) is 5.02 Å². The molecule has 0 saturated carbocycles. The van der Waals surface area contributed by atoms with Gasteiger partial charge in [0.2, 0.25) is 0 Å². The zero-order valence-electron chi connectivity index (χ0n) is 11.7. The van der Waals surface area contributed by atoms with E-state index in [1.54, 1.807) is 7.11 Å². The van der Waals surface area contributed by atoms with Gasteiger partial charge in [-0.25, -0.2) is 4.98 Å². The van der Waals surface area contributed by atoms with Crippen molar-refractivity contribution in [1.29, 1.82) is 0 Å². The van der Waals surface area contributed by atoms with Crippen molar-refractivity contribution < 1.29 is 4.74 Å².